The molecule has 3 rings (SSSR count). The zero-order valence-corrected chi connectivity index (χ0v) is 15.1. The number of carbonyl (C=O) groups is 2. The zero-order chi connectivity index (χ0) is 20.0. The van der Waals surface area contributed by atoms with Gasteiger partial charge in [-0.1, -0.05) is 12.1 Å². The molecule has 1 saturated carbocycles. The average molecular weight is 374 g/mol. The van der Waals surface area contributed by atoms with Gasteiger partial charge in [0.25, 0.3) is 0 Å². The predicted octanol–water partition coefficient (Wildman–Crippen LogP) is 3.48. The zero-order valence-electron chi connectivity index (χ0n) is 15.1. The van der Waals surface area contributed by atoms with Gasteiger partial charge in [0.05, 0.1) is 14.2 Å². The average Bonchev–Trinajstić information content (AvgIpc) is 3.45. The standard InChI is InChI=1S/C12H14O3.C8H8O4/c1-15-11-4-2-3-9(13)12(11)10(14)7-8-5-6-8;1-12-6-4-2-3-5(9)7(6)8(10)11/h2-4,8,13H,5-7H2,1H3;2-4,9H,1H3,(H,10,11). The van der Waals surface area contributed by atoms with Crippen molar-refractivity contribution in [2.75, 3.05) is 14.2 Å². The fourth-order valence-electron chi connectivity index (χ4n) is 2.56. The number of aromatic hydroxyl groups is 2. The number of aromatic carboxylic acids is 1. The lowest BCUT2D eigenvalue weighted by molar-refractivity contribution is 0.0689. The third-order valence-electron chi connectivity index (χ3n) is 4.11. The molecule has 27 heavy (non-hydrogen) atoms. The van der Waals surface area contributed by atoms with Crippen LogP contribution in [0.5, 0.6) is 23.0 Å². The summed E-state index contributed by atoms with van der Waals surface area (Å²) in [6.07, 6.45) is 2.78. The van der Waals surface area contributed by atoms with Crippen LogP contribution in [-0.2, 0) is 0 Å². The monoisotopic (exact) mass is 374 g/mol. The van der Waals surface area contributed by atoms with Gasteiger partial charge < -0.3 is 24.8 Å². The first kappa shape index (κ1) is 20.1. The first-order chi connectivity index (χ1) is 12.9. The smallest absolute Gasteiger partial charge is 0.343 e. The lowest BCUT2D eigenvalue weighted by atomic mass is 10.0. The second-order valence-corrected chi connectivity index (χ2v) is 6.08. The van der Waals surface area contributed by atoms with Gasteiger partial charge in [0.15, 0.2) is 5.78 Å². The first-order valence-electron chi connectivity index (χ1n) is 8.37. The molecule has 0 spiro atoms. The number of ether oxygens (including phenoxy) is 2. The fraction of sp³-hybridized carbons (Fsp3) is 0.300. The number of ketones is 1. The van der Waals surface area contributed by atoms with Crippen molar-refractivity contribution < 1.29 is 34.4 Å². The molecule has 0 aliphatic heterocycles. The van der Waals surface area contributed by atoms with E-state index < -0.39 is 5.97 Å². The van der Waals surface area contributed by atoms with Crippen LogP contribution >= 0.6 is 0 Å². The number of carboxylic acids is 1. The quantitative estimate of drug-likeness (QED) is 0.663. The molecule has 1 aliphatic carbocycles. The summed E-state index contributed by atoms with van der Waals surface area (Å²) in [6.45, 7) is 0. The van der Waals surface area contributed by atoms with Crippen LogP contribution in [0.15, 0.2) is 36.4 Å². The van der Waals surface area contributed by atoms with Crippen LogP contribution < -0.4 is 9.47 Å². The Kier molecular flexibility index (Phi) is 6.65. The first-order valence-corrected chi connectivity index (χ1v) is 8.37. The molecule has 0 amide bonds. The molecule has 7 heteroatoms. The van der Waals surface area contributed by atoms with Gasteiger partial charge in [-0.2, -0.15) is 0 Å². The number of rotatable bonds is 6. The van der Waals surface area contributed by atoms with Gasteiger partial charge in [0.1, 0.15) is 34.1 Å². The maximum Gasteiger partial charge on any atom is 0.343 e. The highest BCUT2D eigenvalue weighted by Crippen LogP contribution is 2.36. The Morgan fingerprint density at radius 3 is 1.81 bits per heavy atom. The van der Waals surface area contributed by atoms with E-state index in [9.17, 15) is 14.7 Å². The van der Waals surface area contributed by atoms with Crippen LogP contribution in [0, 0.1) is 5.92 Å². The number of carbonyl (C=O) groups excluding carboxylic acids is 1. The highest BCUT2D eigenvalue weighted by Gasteiger charge is 2.27. The van der Waals surface area contributed by atoms with Crippen LogP contribution in [0.25, 0.3) is 0 Å². The van der Waals surface area contributed by atoms with Crippen LogP contribution in [0.1, 0.15) is 40.0 Å². The summed E-state index contributed by atoms with van der Waals surface area (Å²) in [5, 5.41) is 27.4. The van der Waals surface area contributed by atoms with E-state index in [-0.39, 0.29) is 28.6 Å². The molecule has 0 bridgehead atoms. The second kappa shape index (κ2) is 8.93. The molecule has 0 heterocycles. The molecule has 0 unspecified atom stereocenters. The Morgan fingerprint density at radius 1 is 0.926 bits per heavy atom. The number of phenolic OH excluding ortho intramolecular Hbond substituents is 1. The van der Waals surface area contributed by atoms with Crippen molar-refractivity contribution in [3.05, 3.63) is 47.5 Å². The van der Waals surface area contributed by atoms with Crippen LogP contribution in [-0.4, -0.2) is 41.3 Å². The number of hydrogen-bond acceptors (Lipinski definition) is 6. The SMILES string of the molecule is COc1cccc(O)c1C(=O)CC1CC1.COc1cccc(O)c1C(=O)O. The number of carboxylic acid groups (broad SMARTS) is 1. The van der Waals surface area contributed by atoms with E-state index in [0.29, 0.717) is 23.7 Å². The molecule has 0 radical (unpaired) electrons. The molecule has 1 fully saturated rings. The van der Waals surface area contributed by atoms with E-state index in [2.05, 4.69) is 0 Å². The number of phenols is 2. The fourth-order valence-corrected chi connectivity index (χ4v) is 2.56. The van der Waals surface area contributed by atoms with Crippen LogP contribution in [0.2, 0.25) is 0 Å². The number of Topliss-reactive ketones (excluding diaryl/α,β-unsaturated/α-hetero) is 1. The molecular formula is C20H22O7. The van der Waals surface area contributed by atoms with Crippen molar-refractivity contribution in [3.8, 4) is 23.0 Å². The number of methoxy groups -OCH3 is 2. The van der Waals surface area contributed by atoms with Gasteiger partial charge in [-0.25, -0.2) is 4.79 Å². The van der Waals surface area contributed by atoms with Gasteiger partial charge >= 0.3 is 5.97 Å². The molecule has 0 saturated heterocycles. The minimum Gasteiger partial charge on any atom is -0.507 e. The van der Waals surface area contributed by atoms with Gasteiger partial charge in [-0.15, -0.1) is 0 Å². The lowest BCUT2D eigenvalue weighted by Gasteiger charge is -2.08. The molecule has 2 aromatic rings. The van der Waals surface area contributed by atoms with E-state index in [1.165, 1.54) is 38.5 Å². The van der Waals surface area contributed by atoms with Crippen molar-refractivity contribution in [2.24, 2.45) is 5.92 Å². The third-order valence-corrected chi connectivity index (χ3v) is 4.11. The normalized spacial score (nSPS) is 12.5. The van der Waals surface area contributed by atoms with Crippen molar-refractivity contribution in [2.45, 2.75) is 19.3 Å². The maximum absolute atomic E-state index is 11.9. The summed E-state index contributed by atoms with van der Waals surface area (Å²) in [7, 11) is 2.85. The molecule has 1 aliphatic rings. The summed E-state index contributed by atoms with van der Waals surface area (Å²) in [5.41, 5.74) is 0.118. The number of hydrogen-bond donors (Lipinski definition) is 3. The van der Waals surface area contributed by atoms with Crippen molar-refractivity contribution in [1.29, 1.82) is 0 Å². The van der Waals surface area contributed by atoms with Gasteiger partial charge in [-0.05, 0) is 43.0 Å². The van der Waals surface area contributed by atoms with E-state index in [4.69, 9.17) is 19.7 Å². The molecular weight excluding hydrogens is 352 g/mol. The molecule has 0 atom stereocenters. The molecule has 3 N–H and O–H groups in total. The third kappa shape index (κ3) is 5.13. The summed E-state index contributed by atoms with van der Waals surface area (Å²) in [6, 6.07) is 9.17. The minimum absolute atomic E-state index is 0.0139. The highest BCUT2D eigenvalue weighted by molar-refractivity contribution is 6.01. The Morgan fingerprint density at radius 2 is 1.41 bits per heavy atom. The molecule has 144 valence electrons. The van der Waals surface area contributed by atoms with Crippen molar-refractivity contribution in [1.82, 2.24) is 0 Å². The van der Waals surface area contributed by atoms with E-state index >= 15 is 0 Å². The van der Waals surface area contributed by atoms with Crippen molar-refractivity contribution in [3.63, 3.8) is 0 Å². The Balaban J connectivity index is 0.000000199. The van der Waals surface area contributed by atoms with Gasteiger partial charge in [-0.3, -0.25) is 4.79 Å². The molecule has 2 aromatic carbocycles. The van der Waals surface area contributed by atoms with Crippen LogP contribution in [0.4, 0.5) is 0 Å². The largest absolute Gasteiger partial charge is 0.507 e. The van der Waals surface area contributed by atoms with Gasteiger partial charge in [0, 0.05) is 6.42 Å². The molecule has 0 aromatic heterocycles. The summed E-state index contributed by atoms with van der Waals surface area (Å²) >= 11 is 0. The summed E-state index contributed by atoms with van der Waals surface area (Å²) in [5.74, 6) is -0.371. The van der Waals surface area contributed by atoms with E-state index in [0.717, 1.165) is 12.8 Å². The Bertz CT molecular complexity index is 825. The summed E-state index contributed by atoms with van der Waals surface area (Å²) < 4.78 is 9.82. The highest BCUT2D eigenvalue weighted by atomic mass is 16.5. The topological polar surface area (TPSA) is 113 Å². The minimum atomic E-state index is -1.20. The second-order valence-electron chi connectivity index (χ2n) is 6.08. The van der Waals surface area contributed by atoms with Gasteiger partial charge in [0.2, 0.25) is 0 Å². The Labute approximate surface area is 156 Å². The summed E-state index contributed by atoms with van der Waals surface area (Å²) in [4.78, 5) is 22.4. The lowest BCUT2D eigenvalue weighted by Crippen LogP contribution is -2.03. The van der Waals surface area contributed by atoms with E-state index in [1.807, 2.05) is 0 Å². The van der Waals surface area contributed by atoms with E-state index in [1.54, 1.807) is 12.1 Å². The predicted molar refractivity (Wildman–Crippen MR) is 97.9 cm³/mol. The number of benzene rings is 2. The van der Waals surface area contributed by atoms with Crippen LogP contribution in [0.3, 0.4) is 0 Å². The Hall–Kier alpha value is -3.22. The molecule has 7 nitrogen and oxygen atoms in total. The maximum atomic E-state index is 11.9. The van der Waals surface area contributed by atoms with Crippen molar-refractivity contribution >= 4 is 11.8 Å².